The van der Waals surface area contributed by atoms with Gasteiger partial charge in [0.25, 0.3) is 0 Å². The zero-order valence-electron chi connectivity index (χ0n) is 29.2. The summed E-state index contributed by atoms with van der Waals surface area (Å²) in [7, 11) is -7.89. The summed E-state index contributed by atoms with van der Waals surface area (Å²) in [6.07, 6.45) is 1.84. The number of oxime groups is 2. The van der Waals surface area contributed by atoms with Gasteiger partial charge < -0.3 is 15.2 Å². The number of fused-ring (bicyclic) bond motifs is 2. The van der Waals surface area contributed by atoms with Crippen LogP contribution < -0.4 is 5.32 Å². The molecule has 1 aliphatic carbocycles. The van der Waals surface area contributed by atoms with Crippen LogP contribution in [0.3, 0.4) is 0 Å². The van der Waals surface area contributed by atoms with Gasteiger partial charge in [0.15, 0.2) is 6.73 Å². The Kier molecular flexibility index (Phi) is 12.4. The SMILES string of the molecule is CC(C)C(NCON=C1c2cc(S(=O)(=O)N3C[C@H](C)C[C@H](C)C3)ccc2C(=NO)c2ccc(S(=O)(=O)N3C[C@H](C)C[C@H](C)C3)cc21)C(=O)O.Cl. The quantitative estimate of drug-likeness (QED) is 0.117. The molecule has 2 aliphatic heterocycles. The van der Waals surface area contributed by atoms with Gasteiger partial charge in [-0.3, -0.25) is 10.1 Å². The van der Waals surface area contributed by atoms with Crippen LogP contribution in [0.1, 0.15) is 76.6 Å². The first-order valence-electron chi connectivity index (χ1n) is 16.7. The van der Waals surface area contributed by atoms with E-state index in [1.807, 2.05) is 27.7 Å². The molecule has 5 rings (SSSR count). The number of carbonyl (C=O) groups is 1. The largest absolute Gasteiger partial charge is 0.480 e. The number of benzene rings is 2. The van der Waals surface area contributed by atoms with Crippen molar-refractivity contribution in [3.63, 3.8) is 0 Å². The fraction of sp³-hybridized carbons (Fsp3) is 0.559. The molecule has 2 fully saturated rings. The Hall–Kier alpha value is -3.08. The molecule has 2 saturated heterocycles. The van der Waals surface area contributed by atoms with Crippen molar-refractivity contribution in [1.82, 2.24) is 13.9 Å². The molecular formula is C34H48ClN5O8S2. The molecule has 1 unspecified atom stereocenters. The minimum Gasteiger partial charge on any atom is -0.480 e. The van der Waals surface area contributed by atoms with Crippen molar-refractivity contribution >= 4 is 49.8 Å². The van der Waals surface area contributed by atoms with Crippen molar-refractivity contribution in [2.75, 3.05) is 32.9 Å². The summed E-state index contributed by atoms with van der Waals surface area (Å²) in [5, 5.41) is 30.5. The Morgan fingerprint density at radius 2 is 1.22 bits per heavy atom. The number of piperidine rings is 2. The van der Waals surface area contributed by atoms with Crippen LogP contribution in [0.25, 0.3) is 0 Å². The molecule has 0 radical (unpaired) electrons. The first-order valence-corrected chi connectivity index (χ1v) is 19.6. The summed E-state index contributed by atoms with van der Waals surface area (Å²) in [5.74, 6) is -0.589. The lowest BCUT2D eigenvalue weighted by Crippen LogP contribution is -2.42. The molecule has 50 heavy (non-hydrogen) atoms. The molecule has 0 spiro atoms. The second-order valence-corrected chi connectivity index (χ2v) is 18.3. The maximum absolute atomic E-state index is 14.0. The number of hydrogen-bond donors (Lipinski definition) is 3. The Balaban J connectivity index is 0.00000562. The summed E-state index contributed by atoms with van der Waals surface area (Å²) in [6.45, 7) is 12.8. The number of carboxylic acids is 1. The van der Waals surface area contributed by atoms with Gasteiger partial charge in [-0.1, -0.05) is 64.0 Å². The molecule has 0 bridgehead atoms. The van der Waals surface area contributed by atoms with E-state index in [-0.39, 0.29) is 81.1 Å². The lowest BCUT2D eigenvalue weighted by Gasteiger charge is -2.34. The number of aliphatic carboxylic acids is 1. The third kappa shape index (κ3) is 8.02. The van der Waals surface area contributed by atoms with Gasteiger partial charge in [0.1, 0.15) is 17.5 Å². The third-order valence-corrected chi connectivity index (χ3v) is 13.2. The van der Waals surface area contributed by atoms with Crippen molar-refractivity contribution in [3.05, 3.63) is 58.7 Å². The zero-order valence-corrected chi connectivity index (χ0v) is 31.7. The molecule has 5 atom stereocenters. The van der Waals surface area contributed by atoms with Crippen LogP contribution >= 0.6 is 12.4 Å². The topological polar surface area (TPSA) is 178 Å². The summed E-state index contributed by atoms with van der Waals surface area (Å²) < 4.78 is 58.8. The van der Waals surface area contributed by atoms with Gasteiger partial charge in [-0.15, -0.1) is 12.4 Å². The van der Waals surface area contributed by atoms with Crippen LogP contribution in [0.2, 0.25) is 0 Å². The molecular weight excluding hydrogens is 706 g/mol. The van der Waals surface area contributed by atoms with E-state index < -0.39 is 32.1 Å². The highest BCUT2D eigenvalue weighted by Crippen LogP contribution is 2.35. The lowest BCUT2D eigenvalue weighted by molar-refractivity contribution is -0.141. The fourth-order valence-electron chi connectivity index (χ4n) is 7.40. The maximum atomic E-state index is 14.0. The van der Waals surface area contributed by atoms with Gasteiger partial charge in [0.05, 0.1) is 9.79 Å². The van der Waals surface area contributed by atoms with Crippen molar-refractivity contribution in [1.29, 1.82) is 0 Å². The predicted molar refractivity (Wildman–Crippen MR) is 192 cm³/mol. The first-order chi connectivity index (χ1) is 23.0. The van der Waals surface area contributed by atoms with Gasteiger partial charge in [0, 0.05) is 48.4 Å². The molecule has 2 aromatic rings. The van der Waals surface area contributed by atoms with E-state index in [1.54, 1.807) is 26.0 Å². The highest BCUT2D eigenvalue weighted by Gasteiger charge is 2.37. The number of sulfonamides is 2. The van der Waals surface area contributed by atoms with Crippen molar-refractivity contribution in [2.24, 2.45) is 39.9 Å². The Bertz CT molecular complexity index is 1740. The first kappa shape index (κ1) is 39.7. The van der Waals surface area contributed by atoms with Crippen LogP contribution in [0, 0.1) is 29.6 Å². The van der Waals surface area contributed by atoms with Crippen molar-refractivity contribution < 1.29 is 36.8 Å². The second kappa shape index (κ2) is 15.7. The van der Waals surface area contributed by atoms with E-state index in [2.05, 4.69) is 15.6 Å². The molecule has 0 amide bonds. The molecule has 0 aromatic heterocycles. The van der Waals surface area contributed by atoms with Gasteiger partial charge in [-0.25, -0.2) is 16.8 Å². The fourth-order valence-corrected chi connectivity index (χ4v) is 10.8. The number of rotatable bonds is 10. The minimum absolute atomic E-state index is 0. The van der Waals surface area contributed by atoms with Crippen LogP contribution in [-0.4, -0.2) is 92.1 Å². The highest BCUT2D eigenvalue weighted by atomic mass is 35.5. The summed E-state index contributed by atoms with van der Waals surface area (Å²) in [5.41, 5.74) is 1.47. The van der Waals surface area contributed by atoms with Crippen molar-refractivity contribution in [2.45, 2.75) is 70.2 Å². The van der Waals surface area contributed by atoms with E-state index >= 15 is 0 Å². The normalized spacial score (nSPS) is 23.7. The van der Waals surface area contributed by atoms with Crippen LogP contribution in [0.4, 0.5) is 0 Å². The van der Waals surface area contributed by atoms with E-state index in [0.717, 1.165) is 12.8 Å². The third-order valence-electron chi connectivity index (χ3n) is 9.51. The number of carboxylic acid groups (broad SMARTS) is 1. The Morgan fingerprint density at radius 3 is 1.58 bits per heavy atom. The van der Waals surface area contributed by atoms with Gasteiger partial charge >= 0.3 is 5.97 Å². The molecule has 2 aromatic carbocycles. The standard InChI is InChI=1S/C34H47N5O8S2.ClH/c1-20(2)31(34(40)41)35-19-47-37-33-29-13-25(48(43,44)38-15-21(3)11-22(4)16-38)7-9-27(29)32(36-42)28-10-8-26(14-30(28)33)49(45,46)39-17-23(5)12-24(6)18-39;/h7-10,13-14,20-24,31,35,42H,11-12,15-19H2,1-6H3,(H,40,41);1H/t21-,22+,23-,24+,31?;. The minimum atomic E-state index is -3.94. The average Bonchev–Trinajstić information content (AvgIpc) is 3.02. The summed E-state index contributed by atoms with van der Waals surface area (Å²) >= 11 is 0. The molecule has 0 saturated carbocycles. The monoisotopic (exact) mass is 753 g/mol. The van der Waals surface area contributed by atoms with Gasteiger partial charge in [-0.2, -0.15) is 8.61 Å². The Morgan fingerprint density at radius 1 is 0.800 bits per heavy atom. The molecule has 13 nitrogen and oxygen atoms in total. The van der Waals surface area contributed by atoms with E-state index in [4.69, 9.17) is 4.84 Å². The van der Waals surface area contributed by atoms with Crippen LogP contribution in [0.15, 0.2) is 56.5 Å². The van der Waals surface area contributed by atoms with E-state index in [9.17, 15) is 31.9 Å². The molecule has 276 valence electrons. The highest BCUT2D eigenvalue weighted by molar-refractivity contribution is 7.89. The summed E-state index contributed by atoms with van der Waals surface area (Å²) in [4.78, 5) is 17.4. The smallest absolute Gasteiger partial charge is 0.321 e. The Labute approximate surface area is 301 Å². The van der Waals surface area contributed by atoms with Gasteiger partial charge in [-0.05, 0) is 66.7 Å². The van der Waals surface area contributed by atoms with Crippen molar-refractivity contribution in [3.8, 4) is 0 Å². The number of halogens is 1. The molecule has 16 heteroatoms. The average molecular weight is 754 g/mol. The number of hydrogen-bond acceptors (Lipinski definition) is 10. The van der Waals surface area contributed by atoms with Crippen LogP contribution in [0.5, 0.6) is 0 Å². The molecule has 3 aliphatic rings. The summed E-state index contributed by atoms with van der Waals surface area (Å²) in [6, 6.07) is 7.99. The van der Waals surface area contributed by atoms with Crippen LogP contribution in [-0.2, 0) is 29.7 Å². The van der Waals surface area contributed by atoms with E-state index in [0.29, 0.717) is 37.3 Å². The van der Waals surface area contributed by atoms with E-state index in [1.165, 1.54) is 32.9 Å². The van der Waals surface area contributed by atoms with Gasteiger partial charge in [0.2, 0.25) is 20.0 Å². The number of nitrogens with zero attached hydrogens (tertiary/aromatic N) is 4. The lowest BCUT2D eigenvalue weighted by atomic mass is 9.83. The number of nitrogens with one attached hydrogen (secondary N) is 1. The maximum Gasteiger partial charge on any atom is 0.321 e. The predicted octanol–water partition coefficient (Wildman–Crippen LogP) is 4.41. The molecule has 2 heterocycles. The zero-order chi connectivity index (χ0) is 35.8. The second-order valence-electron chi connectivity index (χ2n) is 14.4. The molecule has 3 N–H and O–H groups in total.